The molecule has 3 heteroatoms. The van der Waals surface area contributed by atoms with Gasteiger partial charge in [-0.15, -0.1) is 0 Å². The number of aromatic nitrogens is 2. The smallest absolute Gasteiger partial charge is 0.160 e. The van der Waals surface area contributed by atoms with Gasteiger partial charge in [-0.05, 0) is 19.3 Å². The summed E-state index contributed by atoms with van der Waals surface area (Å²) >= 11 is 0. The number of rotatable bonds is 4. The second kappa shape index (κ2) is 4.30. The molecule has 0 atom stereocenters. The minimum atomic E-state index is 0.401. The fourth-order valence-corrected chi connectivity index (χ4v) is 1.52. The molecule has 0 aliphatic rings. The van der Waals surface area contributed by atoms with E-state index in [0.717, 1.165) is 37.1 Å². The van der Waals surface area contributed by atoms with Gasteiger partial charge in [0.25, 0.3) is 0 Å². The van der Waals surface area contributed by atoms with E-state index in [9.17, 15) is 5.11 Å². The molecule has 0 spiro atoms. The van der Waals surface area contributed by atoms with E-state index < -0.39 is 0 Å². The fourth-order valence-electron chi connectivity index (χ4n) is 1.52. The van der Waals surface area contributed by atoms with Crippen LogP contribution in [-0.4, -0.2) is 14.9 Å². The maximum atomic E-state index is 9.75. The summed E-state index contributed by atoms with van der Waals surface area (Å²) in [6.07, 6.45) is 3.95. The molecule has 1 N–H and O–H groups in total. The third-order valence-electron chi connectivity index (χ3n) is 2.31. The molecule has 0 saturated heterocycles. The highest BCUT2D eigenvalue weighted by atomic mass is 16.3. The maximum absolute atomic E-state index is 9.75. The molecule has 0 fully saturated rings. The van der Waals surface area contributed by atoms with E-state index in [2.05, 4.69) is 12.0 Å². The summed E-state index contributed by atoms with van der Waals surface area (Å²) < 4.78 is 1.78. The van der Waals surface area contributed by atoms with Gasteiger partial charge in [0.1, 0.15) is 5.69 Å². The fraction of sp³-hybridized carbons (Fsp3) is 0.700. The molecule has 13 heavy (non-hydrogen) atoms. The third kappa shape index (κ3) is 2.02. The van der Waals surface area contributed by atoms with Crippen LogP contribution < -0.4 is 0 Å². The van der Waals surface area contributed by atoms with Crippen molar-refractivity contribution in [3.63, 3.8) is 0 Å². The summed E-state index contributed by atoms with van der Waals surface area (Å²) in [4.78, 5) is 0. The Hall–Kier alpha value is -0.990. The Labute approximate surface area is 79.4 Å². The lowest BCUT2D eigenvalue weighted by Gasteiger charge is -1.96. The lowest BCUT2D eigenvalue weighted by molar-refractivity contribution is 0.459. The molecule has 0 aromatic carbocycles. The molecule has 0 saturated carbocycles. The van der Waals surface area contributed by atoms with Gasteiger partial charge in [0.05, 0.1) is 5.69 Å². The first-order valence-corrected chi connectivity index (χ1v) is 4.94. The first-order valence-electron chi connectivity index (χ1n) is 4.94. The highest BCUT2D eigenvalue weighted by Gasteiger charge is 2.12. The lowest BCUT2D eigenvalue weighted by atomic mass is 10.1. The molecule has 1 aromatic rings. The molecule has 1 rings (SSSR count). The van der Waals surface area contributed by atoms with E-state index in [-0.39, 0.29) is 0 Å². The number of unbranched alkanes of at least 4 members (excludes halogenated alkanes) is 1. The second-order valence-corrected chi connectivity index (χ2v) is 3.32. The van der Waals surface area contributed by atoms with Crippen molar-refractivity contribution >= 4 is 0 Å². The zero-order valence-electron chi connectivity index (χ0n) is 8.67. The molecule has 0 unspecified atom stereocenters. The Kier molecular flexibility index (Phi) is 3.34. The first kappa shape index (κ1) is 10.1. The standard InChI is InChI=1S/C10H18N2O/c1-4-6-7-8-10(13)9(5-2)12(3)11-8/h13H,4-7H2,1-3H3. The normalized spacial score (nSPS) is 10.7. The van der Waals surface area contributed by atoms with Crippen molar-refractivity contribution in [1.82, 2.24) is 9.78 Å². The molecule has 3 nitrogen and oxygen atoms in total. The van der Waals surface area contributed by atoms with Crippen LogP contribution in [0.5, 0.6) is 5.75 Å². The number of aromatic hydroxyl groups is 1. The van der Waals surface area contributed by atoms with Crippen LogP contribution >= 0.6 is 0 Å². The van der Waals surface area contributed by atoms with Gasteiger partial charge in [0, 0.05) is 7.05 Å². The summed E-state index contributed by atoms with van der Waals surface area (Å²) in [6.45, 7) is 4.17. The van der Waals surface area contributed by atoms with E-state index in [1.807, 2.05) is 14.0 Å². The number of nitrogens with zero attached hydrogens (tertiary/aromatic N) is 2. The van der Waals surface area contributed by atoms with E-state index in [0.29, 0.717) is 5.75 Å². The largest absolute Gasteiger partial charge is 0.504 e. The predicted octanol–water partition coefficient (Wildman–Crippen LogP) is 2.03. The van der Waals surface area contributed by atoms with Crippen LogP contribution in [0, 0.1) is 0 Å². The lowest BCUT2D eigenvalue weighted by Crippen LogP contribution is -1.96. The summed E-state index contributed by atoms with van der Waals surface area (Å²) in [6, 6.07) is 0. The predicted molar refractivity (Wildman–Crippen MR) is 52.9 cm³/mol. The van der Waals surface area contributed by atoms with E-state index >= 15 is 0 Å². The highest BCUT2D eigenvalue weighted by molar-refractivity contribution is 5.32. The van der Waals surface area contributed by atoms with Gasteiger partial charge in [-0.25, -0.2) is 0 Å². The number of aryl methyl sites for hydroxylation is 2. The van der Waals surface area contributed by atoms with Gasteiger partial charge in [-0.3, -0.25) is 4.68 Å². The SMILES string of the molecule is CCCCc1nn(C)c(CC)c1O. The quantitative estimate of drug-likeness (QED) is 0.773. The third-order valence-corrected chi connectivity index (χ3v) is 2.31. The average molecular weight is 182 g/mol. The summed E-state index contributed by atoms with van der Waals surface area (Å²) in [5.41, 5.74) is 1.78. The Morgan fingerprint density at radius 2 is 2.08 bits per heavy atom. The Morgan fingerprint density at radius 1 is 1.38 bits per heavy atom. The first-order chi connectivity index (χ1) is 6.20. The zero-order valence-corrected chi connectivity index (χ0v) is 8.67. The van der Waals surface area contributed by atoms with Crippen LogP contribution in [0.4, 0.5) is 0 Å². The minimum absolute atomic E-state index is 0.401. The highest BCUT2D eigenvalue weighted by Crippen LogP contribution is 2.23. The second-order valence-electron chi connectivity index (χ2n) is 3.32. The van der Waals surface area contributed by atoms with Gasteiger partial charge in [0.2, 0.25) is 0 Å². The molecule has 0 amide bonds. The molecule has 0 bridgehead atoms. The molecule has 0 aliphatic heterocycles. The van der Waals surface area contributed by atoms with E-state index in [1.54, 1.807) is 4.68 Å². The zero-order chi connectivity index (χ0) is 9.84. The Morgan fingerprint density at radius 3 is 2.54 bits per heavy atom. The van der Waals surface area contributed by atoms with Crippen LogP contribution in [0.25, 0.3) is 0 Å². The monoisotopic (exact) mass is 182 g/mol. The van der Waals surface area contributed by atoms with E-state index in [1.165, 1.54) is 0 Å². The van der Waals surface area contributed by atoms with Crippen molar-refractivity contribution in [2.75, 3.05) is 0 Å². The van der Waals surface area contributed by atoms with Crippen LogP contribution in [0.1, 0.15) is 38.1 Å². The van der Waals surface area contributed by atoms with Crippen molar-refractivity contribution in [2.24, 2.45) is 7.05 Å². The van der Waals surface area contributed by atoms with E-state index in [4.69, 9.17) is 0 Å². The molecule has 1 aromatic heterocycles. The average Bonchev–Trinajstić information content (AvgIpc) is 2.38. The van der Waals surface area contributed by atoms with Crippen molar-refractivity contribution < 1.29 is 5.11 Å². The van der Waals surface area contributed by atoms with Crippen LogP contribution in [0.2, 0.25) is 0 Å². The number of hydrogen-bond donors (Lipinski definition) is 1. The van der Waals surface area contributed by atoms with Crippen molar-refractivity contribution in [3.8, 4) is 5.75 Å². The summed E-state index contributed by atoms with van der Waals surface area (Å²) in [5.74, 6) is 0.401. The maximum Gasteiger partial charge on any atom is 0.160 e. The van der Waals surface area contributed by atoms with Gasteiger partial charge in [-0.2, -0.15) is 5.10 Å². The van der Waals surface area contributed by atoms with Crippen molar-refractivity contribution in [2.45, 2.75) is 39.5 Å². The topological polar surface area (TPSA) is 38.0 Å². The van der Waals surface area contributed by atoms with Crippen LogP contribution in [0.15, 0.2) is 0 Å². The van der Waals surface area contributed by atoms with Gasteiger partial charge >= 0.3 is 0 Å². The molecular formula is C10H18N2O. The van der Waals surface area contributed by atoms with Crippen molar-refractivity contribution in [3.05, 3.63) is 11.4 Å². The molecule has 0 radical (unpaired) electrons. The Bertz CT molecular complexity index is 279. The van der Waals surface area contributed by atoms with Gasteiger partial charge < -0.3 is 5.11 Å². The molecule has 74 valence electrons. The molecule has 1 heterocycles. The van der Waals surface area contributed by atoms with Gasteiger partial charge in [-0.1, -0.05) is 20.3 Å². The van der Waals surface area contributed by atoms with Crippen LogP contribution in [0.3, 0.4) is 0 Å². The number of hydrogen-bond acceptors (Lipinski definition) is 2. The Balaban J connectivity index is 2.83. The molecule has 0 aliphatic carbocycles. The van der Waals surface area contributed by atoms with Crippen LogP contribution in [-0.2, 0) is 19.9 Å². The minimum Gasteiger partial charge on any atom is -0.504 e. The summed E-state index contributed by atoms with van der Waals surface area (Å²) in [5, 5.41) is 14.0. The summed E-state index contributed by atoms with van der Waals surface area (Å²) in [7, 11) is 1.88. The van der Waals surface area contributed by atoms with Gasteiger partial charge in [0.15, 0.2) is 5.75 Å². The van der Waals surface area contributed by atoms with Crippen molar-refractivity contribution in [1.29, 1.82) is 0 Å². The molecular weight excluding hydrogens is 164 g/mol.